The predicted octanol–water partition coefficient (Wildman–Crippen LogP) is 1.40. The Morgan fingerprint density at radius 3 is 1.56 bits per heavy atom. The van der Waals surface area contributed by atoms with Gasteiger partial charge in [0, 0.05) is 12.4 Å². The number of hydrogen-bond acceptors (Lipinski definition) is 4. The van der Waals surface area contributed by atoms with Gasteiger partial charge in [-0.2, -0.15) is 0 Å². The van der Waals surface area contributed by atoms with Crippen LogP contribution in [0.5, 0.6) is 0 Å². The average molecular weight is 218 g/mol. The van der Waals surface area contributed by atoms with E-state index in [2.05, 4.69) is 20.3 Å². The standard InChI is InChI=1S/C10H10N4O2/c15-13-9(7-3-1-5-11-7)10(14-16)8-4-2-6-12-8/h1-6,11-12,15-16H/b13-9-,14-10-. The van der Waals surface area contributed by atoms with Crippen molar-refractivity contribution in [2.75, 3.05) is 0 Å². The van der Waals surface area contributed by atoms with Crippen molar-refractivity contribution in [2.24, 2.45) is 10.3 Å². The van der Waals surface area contributed by atoms with E-state index in [9.17, 15) is 0 Å². The van der Waals surface area contributed by atoms with Crippen LogP contribution in [0.1, 0.15) is 11.4 Å². The van der Waals surface area contributed by atoms with Crippen molar-refractivity contribution in [3.63, 3.8) is 0 Å². The van der Waals surface area contributed by atoms with E-state index in [0.717, 1.165) is 0 Å². The van der Waals surface area contributed by atoms with Crippen molar-refractivity contribution in [1.82, 2.24) is 9.97 Å². The molecule has 82 valence electrons. The second kappa shape index (κ2) is 4.35. The van der Waals surface area contributed by atoms with Crippen LogP contribution in [0.4, 0.5) is 0 Å². The second-order valence-electron chi connectivity index (χ2n) is 3.06. The first kappa shape index (κ1) is 10.0. The first-order chi connectivity index (χ1) is 7.86. The zero-order valence-corrected chi connectivity index (χ0v) is 8.25. The Labute approximate surface area is 90.9 Å². The highest BCUT2D eigenvalue weighted by molar-refractivity contribution is 6.52. The molecule has 16 heavy (non-hydrogen) atoms. The quantitative estimate of drug-likeness (QED) is 0.356. The summed E-state index contributed by atoms with van der Waals surface area (Å²) < 4.78 is 0. The smallest absolute Gasteiger partial charge is 0.157 e. The summed E-state index contributed by atoms with van der Waals surface area (Å²) in [5.41, 5.74) is 1.44. The summed E-state index contributed by atoms with van der Waals surface area (Å²) >= 11 is 0. The fourth-order valence-electron chi connectivity index (χ4n) is 1.41. The van der Waals surface area contributed by atoms with Gasteiger partial charge < -0.3 is 20.4 Å². The van der Waals surface area contributed by atoms with Gasteiger partial charge in [0.05, 0.1) is 11.4 Å². The highest BCUT2D eigenvalue weighted by Crippen LogP contribution is 2.06. The van der Waals surface area contributed by atoms with Gasteiger partial charge in [0.25, 0.3) is 0 Å². The summed E-state index contributed by atoms with van der Waals surface area (Å²) in [6.07, 6.45) is 3.37. The molecule has 0 spiro atoms. The molecule has 6 nitrogen and oxygen atoms in total. The molecule has 0 aliphatic heterocycles. The van der Waals surface area contributed by atoms with Crippen LogP contribution >= 0.6 is 0 Å². The van der Waals surface area contributed by atoms with Gasteiger partial charge in [0.15, 0.2) is 11.4 Å². The van der Waals surface area contributed by atoms with Crippen LogP contribution < -0.4 is 0 Å². The zero-order valence-electron chi connectivity index (χ0n) is 8.25. The van der Waals surface area contributed by atoms with Crippen molar-refractivity contribution in [2.45, 2.75) is 0 Å². The summed E-state index contributed by atoms with van der Waals surface area (Å²) in [4.78, 5) is 5.74. The van der Waals surface area contributed by atoms with Crippen molar-refractivity contribution in [1.29, 1.82) is 0 Å². The summed E-state index contributed by atoms with van der Waals surface area (Å²) in [5, 5.41) is 24.2. The van der Waals surface area contributed by atoms with Crippen molar-refractivity contribution >= 4 is 11.4 Å². The number of nitrogens with one attached hydrogen (secondary N) is 2. The summed E-state index contributed by atoms with van der Waals surface area (Å²) in [7, 11) is 0. The lowest BCUT2D eigenvalue weighted by Crippen LogP contribution is -2.18. The molecule has 0 aliphatic rings. The minimum atomic E-state index is 0.162. The maximum atomic E-state index is 8.96. The highest BCUT2D eigenvalue weighted by Gasteiger charge is 2.17. The Balaban J connectivity index is 2.43. The number of nitrogens with zero attached hydrogens (tertiary/aromatic N) is 2. The van der Waals surface area contributed by atoms with Crippen molar-refractivity contribution < 1.29 is 10.4 Å². The largest absolute Gasteiger partial charge is 0.410 e. The molecule has 2 aromatic rings. The van der Waals surface area contributed by atoms with Crippen molar-refractivity contribution in [3.8, 4) is 0 Å². The Morgan fingerprint density at radius 1 is 0.875 bits per heavy atom. The van der Waals surface area contributed by atoms with E-state index >= 15 is 0 Å². The zero-order chi connectivity index (χ0) is 11.4. The highest BCUT2D eigenvalue weighted by atomic mass is 16.4. The predicted molar refractivity (Wildman–Crippen MR) is 58.2 cm³/mol. The van der Waals surface area contributed by atoms with Gasteiger partial charge in [-0.25, -0.2) is 0 Å². The summed E-state index contributed by atoms with van der Waals surface area (Å²) in [5.74, 6) is 0. The lowest BCUT2D eigenvalue weighted by molar-refractivity contribution is 0.314. The van der Waals surface area contributed by atoms with Crippen LogP contribution in [0.3, 0.4) is 0 Å². The van der Waals surface area contributed by atoms with Gasteiger partial charge in [-0.05, 0) is 24.3 Å². The van der Waals surface area contributed by atoms with Gasteiger partial charge in [0.2, 0.25) is 0 Å². The van der Waals surface area contributed by atoms with E-state index < -0.39 is 0 Å². The molecular formula is C10H10N4O2. The molecule has 2 aromatic heterocycles. The molecule has 0 saturated carbocycles. The van der Waals surface area contributed by atoms with Crippen LogP contribution in [0, 0.1) is 0 Å². The lowest BCUT2D eigenvalue weighted by Gasteiger charge is -2.02. The molecule has 0 fully saturated rings. The third-order valence-corrected chi connectivity index (χ3v) is 2.13. The van der Waals surface area contributed by atoms with Gasteiger partial charge in [-0.1, -0.05) is 10.3 Å². The fourth-order valence-corrected chi connectivity index (χ4v) is 1.41. The normalized spacial score (nSPS) is 13.0. The lowest BCUT2D eigenvalue weighted by atomic mass is 10.1. The average Bonchev–Trinajstić information content (AvgIpc) is 2.97. The molecule has 0 radical (unpaired) electrons. The molecule has 0 amide bonds. The molecular weight excluding hydrogens is 208 g/mol. The van der Waals surface area contributed by atoms with Crippen LogP contribution in [-0.2, 0) is 0 Å². The number of rotatable bonds is 3. The topological polar surface area (TPSA) is 96.8 Å². The number of aromatic nitrogens is 2. The van der Waals surface area contributed by atoms with E-state index in [1.54, 1.807) is 36.7 Å². The van der Waals surface area contributed by atoms with Crippen LogP contribution in [0.25, 0.3) is 0 Å². The van der Waals surface area contributed by atoms with Gasteiger partial charge >= 0.3 is 0 Å². The van der Waals surface area contributed by atoms with Gasteiger partial charge in [-0.3, -0.25) is 0 Å². The van der Waals surface area contributed by atoms with E-state index in [0.29, 0.717) is 11.4 Å². The molecule has 6 heteroatoms. The van der Waals surface area contributed by atoms with Crippen LogP contribution in [-0.4, -0.2) is 31.8 Å². The number of oxime groups is 2. The van der Waals surface area contributed by atoms with E-state index in [1.165, 1.54) is 0 Å². The minimum Gasteiger partial charge on any atom is -0.410 e. The first-order valence-electron chi connectivity index (χ1n) is 4.59. The Morgan fingerprint density at radius 2 is 1.31 bits per heavy atom. The van der Waals surface area contributed by atoms with Gasteiger partial charge in [0.1, 0.15) is 0 Å². The Hall–Kier alpha value is -2.50. The summed E-state index contributed by atoms with van der Waals surface area (Å²) in [6.45, 7) is 0. The number of aromatic amines is 2. The van der Waals surface area contributed by atoms with Crippen LogP contribution in [0.2, 0.25) is 0 Å². The van der Waals surface area contributed by atoms with Gasteiger partial charge in [-0.15, -0.1) is 0 Å². The molecule has 2 heterocycles. The Bertz CT molecular complexity index is 449. The second-order valence-corrected chi connectivity index (χ2v) is 3.06. The van der Waals surface area contributed by atoms with Crippen molar-refractivity contribution in [3.05, 3.63) is 48.0 Å². The monoisotopic (exact) mass is 218 g/mol. The fraction of sp³-hybridized carbons (Fsp3) is 0. The summed E-state index contributed by atoms with van der Waals surface area (Å²) in [6, 6.07) is 6.93. The molecule has 0 bridgehead atoms. The third kappa shape index (κ3) is 1.68. The molecule has 0 unspecified atom stereocenters. The van der Waals surface area contributed by atoms with E-state index in [4.69, 9.17) is 10.4 Å². The molecule has 4 N–H and O–H groups in total. The minimum absolute atomic E-state index is 0.162. The number of H-pyrrole nitrogens is 2. The SMILES string of the molecule is O/N=C(\C(=N/O)c1ccc[nH]1)c1ccc[nH]1. The molecule has 0 aromatic carbocycles. The van der Waals surface area contributed by atoms with E-state index in [-0.39, 0.29) is 11.4 Å². The maximum Gasteiger partial charge on any atom is 0.157 e. The molecule has 0 atom stereocenters. The molecule has 2 rings (SSSR count). The van der Waals surface area contributed by atoms with Crippen LogP contribution in [0.15, 0.2) is 47.0 Å². The molecule has 0 aliphatic carbocycles. The first-order valence-corrected chi connectivity index (χ1v) is 4.59. The van der Waals surface area contributed by atoms with E-state index in [1.807, 2.05) is 0 Å². The number of hydrogen-bond donors (Lipinski definition) is 4. The third-order valence-electron chi connectivity index (χ3n) is 2.13. The molecule has 0 saturated heterocycles. The maximum absolute atomic E-state index is 8.96. The Kier molecular flexibility index (Phi) is 2.73.